The molecule has 0 fully saturated rings. The Morgan fingerprint density at radius 2 is 1.80 bits per heavy atom. The van der Waals surface area contributed by atoms with Crippen LogP contribution >= 0.6 is 0 Å². The highest BCUT2D eigenvalue weighted by Gasteiger charge is 2.37. The highest BCUT2D eigenvalue weighted by atomic mass is 19.4. The molecule has 4 nitrogen and oxygen atoms in total. The highest BCUT2D eigenvalue weighted by molar-refractivity contribution is 5.95. The number of hydrogen-bond donors (Lipinski definition) is 1. The molecule has 0 unspecified atom stereocenters. The molecule has 25 heavy (non-hydrogen) atoms. The number of aromatic nitrogens is 1. The maximum Gasteiger partial charge on any atom is 0.434 e. The molecule has 0 atom stereocenters. The van der Waals surface area contributed by atoms with Crippen LogP contribution in [0, 0.1) is 11.3 Å². The van der Waals surface area contributed by atoms with Gasteiger partial charge in [0.05, 0.1) is 11.2 Å². The first-order valence-corrected chi connectivity index (χ1v) is 7.29. The van der Waals surface area contributed by atoms with Crippen molar-refractivity contribution in [2.45, 2.75) is 6.18 Å². The molecule has 2 aromatic carbocycles. The van der Waals surface area contributed by atoms with E-state index in [4.69, 9.17) is 4.74 Å². The number of ether oxygens (including phenoxy) is 1. The zero-order valence-electron chi connectivity index (χ0n) is 13.1. The average Bonchev–Trinajstić information content (AvgIpc) is 2.60. The Hall–Kier alpha value is -3.27. The number of nitrogens with zero attached hydrogens (tertiary/aromatic N) is 2. The number of pyridine rings is 1. The van der Waals surface area contributed by atoms with E-state index in [0.29, 0.717) is 16.9 Å². The number of benzene rings is 2. The van der Waals surface area contributed by atoms with Crippen molar-refractivity contribution in [3.8, 4) is 17.6 Å². The predicted molar refractivity (Wildman–Crippen MR) is 87.5 cm³/mol. The van der Waals surface area contributed by atoms with Gasteiger partial charge in [-0.05, 0) is 30.3 Å². The fraction of sp³-hybridized carbons (Fsp3) is 0.111. The van der Waals surface area contributed by atoms with E-state index in [-0.39, 0.29) is 11.2 Å². The summed E-state index contributed by atoms with van der Waals surface area (Å²) in [5.41, 5.74) is -1.56. The van der Waals surface area contributed by atoms with Crippen molar-refractivity contribution in [2.24, 2.45) is 0 Å². The number of para-hydroxylation sites is 1. The summed E-state index contributed by atoms with van der Waals surface area (Å²) in [5.74, 6) is 1.02. The van der Waals surface area contributed by atoms with Crippen LogP contribution in [0.15, 0.2) is 48.5 Å². The minimum Gasteiger partial charge on any atom is -0.457 e. The molecule has 0 bridgehead atoms. The summed E-state index contributed by atoms with van der Waals surface area (Å²) in [6.07, 6.45) is -4.72. The molecule has 7 heteroatoms. The Bertz CT molecular complexity index is 963. The fourth-order valence-corrected chi connectivity index (χ4v) is 2.50. The maximum atomic E-state index is 13.2. The second kappa shape index (κ2) is 6.32. The van der Waals surface area contributed by atoms with Crippen LogP contribution in [0.25, 0.3) is 10.9 Å². The van der Waals surface area contributed by atoms with Crippen LogP contribution in [0.2, 0.25) is 0 Å². The summed E-state index contributed by atoms with van der Waals surface area (Å²) in [6, 6.07) is 15.1. The van der Waals surface area contributed by atoms with Crippen LogP contribution in [0.3, 0.4) is 0 Å². The summed E-state index contributed by atoms with van der Waals surface area (Å²) in [6.45, 7) is 0. The number of fused-ring (bicyclic) bond motifs is 1. The van der Waals surface area contributed by atoms with Gasteiger partial charge in [-0.1, -0.05) is 18.2 Å². The van der Waals surface area contributed by atoms with E-state index in [1.165, 1.54) is 19.2 Å². The summed E-state index contributed by atoms with van der Waals surface area (Å²) in [7, 11) is 1.46. The Kier molecular flexibility index (Phi) is 4.19. The molecule has 1 aromatic heterocycles. The van der Waals surface area contributed by atoms with Crippen molar-refractivity contribution in [1.82, 2.24) is 4.98 Å². The molecule has 0 saturated carbocycles. The van der Waals surface area contributed by atoms with Gasteiger partial charge < -0.3 is 10.1 Å². The van der Waals surface area contributed by atoms with E-state index >= 15 is 0 Å². The van der Waals surface area contributed by atoms with Gasteiger partial charge in [-0.2, -0.15) is 18.4 Å². The van der Waals surface area contributed by atoms with Gasteiger partial charge in [0.25, 0.3) is 0 Å². The lowest BCUT2D eigenvalue weighted by Crippen LogP contribution is -2.13. The summed E-state index contributed by atoms with van der Waals surface area (Å²) in [4.78, 5) is 3.63. The van der Waals surface area contributed by atoms with Crippen molar-refractivity contribution in [3.05, 3.63) is 59.8 Å². The Labute approximate surface area is 141 Å². The van der Waals surface area contributed by atoms with Crippen molar-refractivity contribution >= 4 is 16.6 Å². The molecule has 0 spiro atoms. The molecule has 0 aliphatic heterocycles. The Morgan fingerprint density at radius 3 is 2.40 bits per heavy atom. The van der Waals surface area contributed by atoms with Gasteiger partial charge in [0.1, 0.15) is 23.1 Å². The van der Waals surface area contributed by atoms with E-state index in [1.54, 1.807) is 36.4 Å². The number of nitrogens with one attached hydrogen (secondary N) is 1. The predicted octanol–water partition coefficient (Wildman–Crippen LogP) is 4.96. The number of anilines is 1. The minimum atomic E-state index is -4.72. The minimum absolute atomic E-state index is 0.0679. The quantitative estimate of drug-likeness (QED) is 0.730. The van der Waals surface area contributed by atoms with Gasteiger partial charge >= 0.3 is 6.18 Å². The van der Waals surface area contributed by atoms with Gasteiger partial charge in [0.2, 0.25) is 0 Å². The number of alkyl halides is 3. The number of hydrogen-bond acceptors (Lipinski definition) is 4. The number of nitriles is 1. The molecule has 0 saturated heterocycles. The first-order chi connectivity index (χ1) is 11.9. The van der Waals surface area contributed by atoms with E-state index in [0.717, 1.165) is 0 Å². The zero-order valence-corrected chi connectivity index (χ0v) is 13.1. The van der Waals surface area contributed by atoms with Crippen LogP contribution in [0.1, 0.15) is 11.3 Å². The molecule has 1 N–H and O–H groups in total. The van der Waals surface area contributed by atoms with Gasteiger partial charge in [-0.25, -0.2) is 4.98 Å². The molecule has 0 aliphatic rings. The molecule has 0 amide bonds. The molecule has 126 valence electrons. The standard InChI is InChI=1S/C18H12F3N3O/c1-23-16-13-9-12(25-11-5-3-2-4-6-11)7-8-15(13)24-17(14(16)10-22)18(19,20)21/h2-9H,1H3,(H,23,24). The molecular formula is C18H12F3N3O. The average molecular weight is 343 g/mol. The number of halogens is 3. The van der Waals surface area contributed by atoms with Gasteiger partial charge in [-0.15, -0.1) is 0 Å². The normalized spacial score (nSPS) is 11.2. The van der Waals surface area contributed by atoms with Gasteiger partial charge in [-0.3, -0.25) is 0 Å². The first kappa shape index (κ1) is 16.6. The van der Waals surface area contributed by atoms with Crippen LogP contribution in [0.4, 0.5) is 18.9 Å². The van der Waals surface area contributed by atoms with Crippen molar-refractivity contribution in [1.29, 1.82) is 5.26 Å². The largest absolute Gasteiger partial charge is 0.457 e. The smallest absolute Gasteiger partial charge is 0.434 e. The zero-order chi connectivity index (χ0) is 18.0. The van der Waals surface area contributed by atoms with Crippen LogP contribution in [-0.2, 0) is 6.18 Å². The summed E-state index contributed by atoms with van der Waals surface area (Å²) in [5, 5.41) is 12.2. The molecule has 3 rings (SSSR count). The lowest BCUT2D eigenvalue weighted by atomic mass is 10.1. The van der Waals surface area contributed by atoms with Crippen LogP contribution in [-0.4, -0.2) is 12.0 Å². The maximum absolute atomic E-state index is 13.2. The van der Waals surface area contributed by atoms with Crippen molar-refractivity contribution < 1.29 is 17.9 Å². The third-order valence-electron chi connectivity index (χ3n) is 3.57. The third kappa shape index (κ3) is 3.19. The van der Waals surface area contributed by atoms with E-state index in [9.17, 15) is 18.4 Å². The SMILES string of the molecule is CNc1c(C#N)c(C(F)(F)F)nc2ccc(Oc3ccccc3)cc12. The molecule has 0 aliphatic carbocycles. The first-order valence-electron chi connectivity index (χ1n) is 7.29. The third-order valence-corrected chi connectivity index (χ3v) is 3.57. The van der Waals surface area contributed by atoms with Gasteiger partial charge in [0, 0.05) is 12.4 Å². The molecule has 1 heterocycles. The molecular weight excluding hydrogens is 331 g/mol. The van der Waals surface area contributed by atoms with Gasteiger partial charge in [0.15, 0.2) is 5.69 Å². The van der Waals surface area contributed by atoms with E-state index in [2.05, 4.69) is 10.3 Å². The lowest BCUT2D eigenvalue weighted by molar-refractivity contribution is -0.141. The van der Waals surface area contributed by atoms with Crippen LogP contribution in [0.5, 0.6) is 11.5 Å². The Morgan fingerprint density at radius 1 is 1.08 bits per heavy atom. The fourth-order valence-electron chi connectivity index (χ4n) is 2.50. The van der Waals surface area contributed by atoms with Crippen molar-refractivity contribution in [2.75, 3.05) is 12.4 Å². The summed E-state index contributed by atoms with van der Waals surface area (Å²) < 4.78 is 45.2. The second-order valence-electron chi connectivity index (χ2n) is 5.16. The lowest BCUT2D eigenvalue weighted by Gasteiger charge is -2.15. The van der Waals surface area contributed by atoms with E-state index < -0.39 is 17.4 Å². The highest BCUT2D eigenvalue weighted by Crippen LogP contribution is 2.38. The monoisotopic (exact) mass is 343 g/mol. The second-order valence-corrected chi connectivity index (χ2v) is 5.16. The molecule has 3 aromatic rings. The van der Waals surface area contributed by atoms with E-state index in [1.807, 2.05) is 6.07 Å². The Balaban J connectivity index is 2.18. The van der Waals surface area contributed by atoms with Crippen LogP contribution < -0.4 is 10.1 Å². The molecule has 0 radical (unpaired) electrons. The number of rotatable bonds is 3. The van der Waals surface area contributed by atoms with Crippen molar-refractivity contribution in [3.63, 3.8) is 0 Å². The summed E-state index contributed by atoms with van der Waals surface area (Å²) >= 11 is 0. The topological polar surface area (TPSA) is 57.9 Å².